The first-order valence-electron chi connectivity index (χ1n) is 7.19. The van der Waals surface area contributed by atoms with Crippen LogP contribution in [-0.4, -0.2) is 24.8 Å². The van der Waals surface area contributed by atoms with Crippen LogP contribution in [-0.2, 0) is 0 Å². The van der Waals surface area contributed by atoms with Crippen molar-refractivity contribution in [2.24, 2.45) is 4.99 Å². The molecule has 0 saturated heterocycles. The highest BCUT2D eigenvalue weighted by Crippen LogP contribution is 2.18. The molecule has 2 aromatic carbocycles. The highest BCUT2D eigenvalue weighted by molar-refractivity contribution is 9.10. The lowest BCUT2D eigenvalue weighted by Crippen LogP contribution is -2.31. The van der Waals surface area contributed by atoms with E-state index in [1.54, 1.807) is 12.1 Å². The predicted molar refractivity (Wildman–Crippen MR) is 92.6 cm³/mol. The Labute approximate surface area is 137 Å². The summed E-state index contributed by atoms with van der Waals surface area (Å²) in [4.78, 5) is 16.9. The second-order valence-corrected chi connectivity index (χ2v) is 5.93. The average Bonchev–Trinajstić information content (AvgIpc) is 2.57. The van der Waals surface area contributed by atoms with Crippen molar-refractivity contribution in [3.05, 3.63) is 64.1 Å². The molecule has 0 bridgehead atoms. The van der Waals surface area contributed by atoms with Crippen LogP contribution in [0.3, 0.4) is 0 Å². The molecule has 0 unspecified atom stereocenters. The van der Waals surface area contributed by atoms with E-state index in [1.165, 1.54) is 0 Å². The molecule has 0 aliphatic carbocycles. The summed E-state index contributed by atoms with van der Waals surface area (Å²) >= 11 is 3.37. The van der Waals surface area contributed by atoms with Gasteiger partial charge in [-0.1, -0.05) is 28.1 Å². The van der Waals surface area contributed by atoms with Crippen molar-refractivity contribution in [1.82, 2.24) is 5.32 Å². The van der Waals surface area contributed by atoms with E-state index in [2.05, 4.69) is 31.6 Å². The van der Waals surface area contributed by atoms with Crippen LogP contribution < -0.4 is 10.6 Å². The monoisotopic (exact) mass is 357 g/mol. The molecular weight excluding hydrogens is 342 g/mol. The zero-order valence-electron chi connectivity index (χ0n) is 12.0. The van der Waals surface area contributed by atoms with Crippen molar-refractivity contribution in [3.8, 4) is 0 Å². The largest absolute Gasteiger partial charge is 0.370 e. The van der Waals surface area contributed by atoms with Crippen LogP contribution in [0, 0.1) is 0 Å². The molecule has 3 rings (SSSR count). The van der Waals surface area contributed by atoms with E-state index in [0.29, 0.717) is 5.56 Å². The molecule has 1 amide bonds. The maximum absolute atomic E-state index is 12.4. The number of para-hydroxylation sites is 1. The first-order chi connectivity index (χ1) is 10.7. The number of hydrogen-bond acceptors (Lipinski definition) is 3. The molecule has 0 aromatic heterocycles. The number of benzene rings is 2. The summed E-state index contributed by atoms with van der Waals surface area (Å²) in [6, 6.07) is 15.0. The molecule has 2 N–H and O–H groups in total. The third-order valence-electron chi connectivity index (χ3n) is 3.43. The minimum atomic E-state index is -0.128. The Morgan fingerprint density at radius 3 is 2.64 bits per heavy atom. The number of amides is 1. The van der Waals surface area contributed by atoms with Crippen LogP contribution in [0.2, 0.25) is 0 Å². The van der Waals surface area contributed by atoms with Crippen molar-refractivity contribution in [2.75, 3.05) is 18.4 Å². The number of nitrogens with zero attached hydrogens (tertiary/aromatic N) is 1. The Hall–Kier alpha value is -2.14. The zero-order chi connectivity index (χ0) is 15.4. The molecule has 4 nitrogen and oxygen atoms in total. The first-order valence-corrected chi connectivity index (χ1v) is 7.98. The smallest absolute Gasteiger partial charge is 0.255 e. The number of nitrogens with one attached hydrogen (secondary N) is 2. The predicted octanol–water partition coefficient (Wildman–Crippen LogP) is 3.44. The van der Waals surface area contributed by atoms with Gasteiger partial charge in [-0.25, -0.2) is 0 Å². The fourth-order valence-corrected chi connectivity index (χ4v) is 2.57. The summed E-state index contributed by atoms with van der Waals surface area (Å²) in [5.74, 6) is 0.717. The minimum Gasteiger partial charge on any atom is -0.370 e. The molecule has 1 aliphatic rings. The highest BCUT2D eigenvalue weighted by Gasteiger charge is 2.14. The molecule has 2 aromatic rings. The average molecular weight is 358 g/mol. The van der Waals surface area contributed by atoms with Gasteiger partial charge in [0.05, 0.1) is 5.69 Å². The molecule has 0 atom stereocenters. The summed E-state index contributed by atoms with van der Waals surface area (Å²) in [6.45, 7) is 1.73. The second kappa shape index (κ2) is 6.75. The standard InChI is InChI=1S/C17H16BrN3O/c18-13-8-6-12(7-9-13)17(22)21-15-5-2-1-4-14(15)16-19-10-3-11-20-16/h1-2,4-9H,3,10-11H2,(H,19,20)(H,21,22). The van der Waals surface area contributed by atoms with Gasteiger partial charge in [-0.05, 0) is 42.8 Å². The van der Waals surface area contributed by atoms with Crippen LogP contribution in [0.4, 0.5) is 5.69 Å². The van der Waals surface area contributed by atoms with Crippen LogP contribution >= 0.6 is 15.9 Å². The van der Waals surface area contributed by atoms with Gasteiger partial charge in [0.1, 0.15) is 5.84 Å². The molecule has 0 saturated carbocycles. The Kier molecular flexibility index (Phi) is 4.53. The number of amidine groups is 1. The lowest BCUT2D eigenvalue weighted by atomic mass is 10.1. The van der Waals surface area contributed by atoms with E-state index in [-0.39, 0.29) is 5.91 Å². The Morgan fingerprint density at radius 2 is 1.91 bits per heavy atom. The first kappa shape index (κ1) is 14.8. The van der Waals surface area contributed by atoms with Crippen molar-refractivity contribution in [1.29, 1.82) is 0 Å². The third kappa shape index (κ3) is 3.36. The van der Waals surface area contributed by atoms with Crippen molar-refractivity contribution in [2.45, 2.75) is 6.42 Å². The summed E-state index contributed by atoms with van der Waals surface area (Å²) in [7, 11) is 0. The SMILES string of the molecule is O=C(Nc1ccccc1C1=NCCCN1)c1ccc(Br)cc1. The summed E-state index contributed by atoms with van der Waals surface area (Å²) in [6.07, 6.45) is 1.04. The molecule has 22 heavy (non-hydrogen) atoms. The molecule has 5 heteroatoms. The molecule has 1 aliphatic heterocycles. The van der Waals surface area contributed by atoms with Gasteiger partial charge < -0.3 is 10.6 Å². The molecule has 112 valence electrons. The minimum absolute atomic E-state index is 0.128. The maximum atomic E-state index is 12.4. The van der Waals surface area contributed by atoms with Gasteiger partial charge in [0.2, 0.25) is 0 Å². The maximum Gasteiger partial charge on any atom is 0.255 e. The van der Waals surface area contributed by atoms with Gasteiger partial charge in [-0.15, -0.1) is 0 Å². The summed E-state index contributed by atoms with van der Waals surface area (Å²) in [5.41, 5.74) is 2.31. The summed E-state index contributed by atoms with van der Waals surface area (Å²) < 4.78 is 0.949. The van der Waals surface area contributed by atoms with E-state index >= 15 is 0 Å². The van der Waals surface area contributed by atoms with E-state index in [0.717, 1.165) is 41.1 Å². The number of halogens is 1. The van der Waals surface area contributed by atoms with Crippen molar-refractivity contribution >= 4 is 33.4 Å². The topological polar surface area (TPSA) is 53.5 Å². The molecule has 0 spiro atoms. The number of aliphatic imine (C=N–C) groups is 1. The van der Waals surface area contributed by atoms with Gasteiger partial charge >= 0.3 is 0 Å². The van der Waals surface area contributed by atoms with Gasteiger partial charge in [0.15, 0.2) is 0 Å². The van der Waals surface area contributed by atoms with Crippen LogP contribution in [0.15, 0.2) is 58.0 Å². The van der Waals surface area contributed by atoms with E-state index in [9.17, 15) is 4.79 Å². The molecule has 0 fully saturated rings. The second-order valence-electron chi connectivity index (χ2n) is 5.02. The van der Waals surface area contributed by atoms with Crippen LogP contribution in [0.1, 0.15) is 22.3 Å². The zero-order valence-corrected chi connectivity index (χ0v) is 13.6. The number of rotatable bonds is 3. The molecular formula is C17H16BrN3O. The van der Waals surface area contributed by atoms with Gasteiger partial charge in [-0.3, -0.25) is 9.79 Å². The van der Waals surface area contributed by atoms with Crippen LogP contribution in [0.25, 0.3) is 0 Å². The fraction of sp³-hybridized carbons (Fsp3) is 0.176. The Bertz CT molecular complexity index is 710. The van der Waals surface area contributed by atoms with Crippen LogP contribution in [0.5, 0.6) is 0 Å². The van der Waals surface area contributed by atoms with Gasteiger partial charge in [0.25, 0.3) is 5.91 Å². The van der Waals surface area contributed by atoms with Gasteiger partial charge in [0, 0.05) is 28.7 Å². The lowest BCUT2D eigenvalue weighted by Gasteiger charge is -2.17. The van der Waals surface area contributed by atoms with Gasteiger partial charge in [-0.2, -0.15) is 0 Å². The number of anilines is 1. The fourth-order valence-electron chi connectivity index (χ4n) is 2.31. The summed E-state index contributed by atoms with van der Waals surface area (Å²) in [5, 5.41) is 6.26. The van der Waals surface area contributed by atoms with E-state index < -0.39 is 0 Å². The Balaban J connectivity index is 1.84. The van der Waals surface area contributed by atoms with Crippen molar-refractivity contribution < 1.29 is 4.79 Å². The third-order valence-corrected chi connectivity index (χ3v) is 3.96. The number of carbonyl (C=O) groups excluding carboxylic acids is 1. The Morgan fingerprint density at radius 1 is 1.14 bits per heavy atom. The van der Waals surface area contributed by atoms with E-state index in [1.807, 2.05) is 36.4 Å². The molecule has 1 heterocycles. The molecule has 0 radical (unpaired) electrons. The lowest BCUT2D eigenvalue weighted by molar-refractivity contribution is 0.102. The normalized spacial score (nSPS) is 14.0. The number of hydrogen-bond donors (Lipinski definition) is 2. The van der Waals surface area contributed by atoms with Crippen molar-refractivity contribution in [3.63, 3.8) is 0 Å². The number of carbonyl (C=O) groups is 1. The highest BCUT2D eigenvalue weighted by atomic mass is 79.9. The quantitative estimate of drug-likeness (QED) is 0.883. The van der Waals surface area contributed by atoms with E-state index in [4.69, 9.17) is 0 Å².